The summed E-state index contributed by atoms with van der Waals surface area (Å²) in [6.07, 6.45) is 1.46. The van der Waals surface area contributed by atoms with Crippen LogP contribution in [0.2, 0.25) is 5.02 Å². The average molecular weight is 304 g/mol. The van der Waals surface area contributed by atoms with Gasteiger partial charge in [0.05, 0.1) is 17.3 Å². The van der Waals surface area contributed by atoms with Crippen molar-refractivity contribution in [3.8, 4) is 0 Å². The fourth-order valence-electron chi connectivity index (χ4n) is 1.96. The lowest BCUT2D eigenvalue weighted by atomic mass is 10.1. The van der Waals surface area contributed by atoms with E-state index < -0.39 is 5.91 Å². The van der Waals surface area contributed by atoms with E-state index in [1.54, 1.807) is 25.2 Å². The minimum atomic E-state index is -0.414. The molecule has 21 heavy (non-hydrogen) atoms. The molecule has 2 aromatic rings. The Kier molecular flexibility index (Phi) is 3.19. The topological polar surface area (TPSA) is 96.0 Å². The standard InChI is InChI=1S/C13H10ClN5O2/c1-15-13-16-5-9(14)10(18-13)17-6-2-3-7-8(4-6)12(21)19-11(7)20/h2-5H,1H3,(H,19,20,21)(H2,15,16,17,18). The first-order chi connectivity index (χ1) is 10.1. The number of aromatic nitrogens is 2. The van der Waals surface area contributed by atoms with Crippen molar-refractivity contribution < 1.29 is 9.59 Å². The minimum absolute atomic E-state index is 0.323. The summed E-state index contributed by atoms with van der Waals surface area (Å²) in [4.78, 5) is 31.3. The molecule has 0 saturated carbocycles. The average Bonchev–Trinajstić information content (AvgIpc) is 2.76. The summed E-state index contributed by atoms with van der Waals surface area (Å²) in [5, 5.41) is 8.38. The number of fused-ring (bicyclic) bond motifs is 1. The molecule has 1 aliphatic rings. The van der Waals surface area contributed by atoms with Gasteiger partial charge in [0, 0.05) is 12.7 Å². The molecule has 106 valence electrons. The van der Waals surface area contributed by atoms with Crippen molar-refractivity contribution in [3.05, 3.63) is 40.5 Å². The maximum atomic E-state index is 11.6. The van der Waals surface area contributed by atoms with Gasteiger partial charge in [-0.3, -0.25) is 14.9 Å². The van der Waals surface area contributed by atoms with Crippen LogP contribution in [-0.4, -0.2) is 28.8 Å². The molecule has 0 bridgehead atoms. The maximum absolute atomic E-state index is 11.6. The highest BCUT2D eigenvalue weighted by molar-refractivity contribution is 6.33. The van der Waals surface area contributed by atoms with E-state index in [1.807, 2.05) is 0 Å². The summed E-state index contributed by atoms with van der Waals surface area (Å²) >= 11 is 6.02. The number of anilines is 3. The van der Waals surface area contributed by atoms with E-state index in [2.05, 4.69) is 25.9 Å². The zero-order valence-electron chi connectivity index (χ0n) is 10.9. The van der Waals surface area contributed by atoms with Crippen LogP contribution in [0.1, 0.15) is 20.7 Å². The normalized spacial score (nSPS) is 12.9. The second-order valence-corrected chi connectivity index (χ2v) is 4.72. The highest BCUT2D eigenvalue weighted by Crippen LogP contribution is 2.26. The van der Waals surface area contributed by atoms with Gasteiger partial charge >= 0.3 is 0 Å². The molecular weight excluding hydrogens is 294 g/mol. The Morgan fingerprint density at radius 3 is 2.71 bits per heavy atom. The summed E-state index contributed by atoms with van der Waals surface area (Å²) < 4.78 is 0. The fraction of sp³-hybridized carbons (Fsp3) is 0.0769. The van der Waals surface area contributed by atoms with Crippen LogP contribution in [0.15, 0.2) is 24.4 Å². The van der Waals surface area contributed by atoms with Crippen LogP contribution >= 0.6 is 11.6 Å². The lowest BCUT2D eigenvalue weighted by molar-refractivity contribution is 0.0879. The lowest BCUT2D eigenvalue weighted by Crippen LogP contribution is -2.19. The van der Waals surface area contributed by atoms with Crippen molar-refractivity contribution in [1.29, 1.82) is 0 Å². The quantitative estimate of drug-likeness (QED) is 0.748. The largest absolute Gasteiger partial charge is 0.357 e. The Labute approximate surface area is 124 Å². The Morgan fingerprint density at radius 2 is 1.95 bits per heavy atom. The van der Waals surface area contributed by atoms with Crippen LogP contribution in [0.4, 0.5) is 17.5 Å². The molecule has 2 amide bonds. The molecule has 0 unspecified atom stereocenters. The second-order valence-electron chi connectivity index (χ2n) is 4.31. The highest BCUT2D eigenvalue weighted by atomic mass is 35.5. The third-order valence-corrected chi connectivity index (χ3v) is 3.24. The number of imide groups is 1. The number of carbonyl (C=O) groups is 2. The maximum Gasteiger partial charge on any atom is 0.259 e. The van der Waals surface area contributed by atoms with Crippen LogP contribution in [-0.2, 0) is 0 Å². The summed E-state index contributed by atoms with van der Waals surface area (Å²) in [7, 11) is 1.69. The van der Waals surface area contributed by atoms with Crippen molar-refractivity contribution >= 4 is 40.9 Å². The molecule has 0 spiro atoms. The first-order valence-corrected chi connectivity index (χ1v) is 6.43. The van der Waals surface area contributed by atoms with Gasteiger partial charge in [-0.25, -0.2) is 4.98 Å². The monoisotopic (exact) mass is 303 g/mol. The summed E-state index contributed by atoms with van der Waals surface area (Å²) in [5.41, 5.74) is 1.28. The van der Waals surface area contributed by atoms with Gasteiger partial charge < -0.3 is 10.6 Å². The number of halogens is 1. The van der Waals surface area contributed by atoms with Gasteiger partial charge in [0.1, 0.15) is 5.02 Å². The fourth-order valence-corrected chi connectivity index (χ4v) is 2.10. The lowest BCUT2D eigenvalue weighted by Gasteiger charge is -2.09. The number of nitrogens with zero attached hydrogens (tertiary/aromatic N) is 2. The Balaban J connectivity index is 1.95. The summed E-state index contributed by atoms with van der Waals surface area (Å²) in [5.74, 6) is 0.0131. The van der Waals surface area contributed by atoms with Crippen LogP contribution in [0.5, 0.6) is 0 Å². The van der Waals surface area contributed by atoms with E-state index in [0.717, 1.165) is 0 Å². The molecule has 8 heteroatoms. The zero-order valence-corrected chi connectivity index (χ0v) is 11.7. The van der Waals surface area contributed by atoms with Gasteiger partial charge in [-0.05, 0) is 18.2 Å². The molecule has 3 N–H and O–H groups in total. The van der Waals surface area contributed by atoms with Crippen molar-refractivity contribution in [2.75, 3.05) is 17.7 Å². The molecule has 0 radical (unpaired) electrons. The molecule has 1 aromatic carbocycles. The first-order valence-electron chi connectivity index (χ1n) is 6.05. The molecule has 0 aliphatic carbocycles. The number of carbonyl (C=O) groups excluding carboxylic acids is 2. The van der Waals surface area contributed by atoms with Gasteiger partial charge in [0.25, 0.3) is 11.8 Å². The van der Waals surface area contributed by atoms with E-state index in [1.165, 1.54) is 6.20 Å². The van der Waals surface area contributed by atoms with E-state index in [0.29, 0.717) is 33.6 Å². The van der Waals surface area contributed by atoms with Crippen molar-refractivity contribution in [3.63, 3.8) is 0 Å². The molecule has 2 heterocycles. The van der Waals surface area contributed by atoms with Crippen molar-refractivity contribution in [2.24, 2.45) is 0 Å². The molecule has 0 saturated heterocycles. The summed E-state index contributed by atoms with van der Waals surface area (Å²) in [6, 6.07) is 4.83. The Bertz CT molecular complexity index is 762. The molecule has 0 fully saturated rings. The van der Waals surface area contributed by atoms with E-state index >= 15 is 0 Å². The third-order valence-electron chi connectivity index (χ3n) is 2.97. The highest BCUT2D eigenvalue weighted by Gasteiger charge is 2.26. The van der Waals surface area contributed by atoms with Crippen LogP contribution in [0.3, 0.4) is 0 Å². The van der Waals surface area contributed by atoms with Crippen molar-refractivity contribution in [2.45, 2.75) is 0 Å². The van der Waals surface area contributed by atoms with E-state index in [-0.39, 0.29) is 5.91 Å². The second kappa shape index (κ2) is 5.02. The van der Waals surface area contributed by atoms with Gasteiger partial charge in [0.15, 0.2) is 5.82 Å². The molecule has 3 rings (SSSR count). The van der Waals surface area contributed by atoms with Crippen LogP contribution in [0.25, 0.3) is 0 Å². The Hall–Kier alpha value is -2.67. The molecule has 1 aliphatic heterocycles. The predicted octanol–water partition coefficient (Wildman–Crippen LogP) is 1.80. The number of benzene rings is 1. The van der Waals surface area contributed by atoms with Gasteiger partial charge in [0.2, 0.25) is 5.95 Å². The van der Waals surface area contributed by atoms with Gasteiger partial charge in [-0.1, -0.05) is 11.6 Å². The minimum Gasteiger partial charge on any atom is -0.357 e. The predicted molar refractivity (Wildman–Crippen MR) is 78.1 cm³/mol. The van der Waals surface area contributed by atoms with E-state index in [4.69, 9.17) is 11.6 Å². The van der Waals surface area contributed by atoms with Gasteiger partial charge in [-0.2, -0.15) is 4.98 Å². The third kappa shape index (κ3) is 2.38. The Morgan fingerprint density at radius 1 is 1.19 bits per heavy atom. The number of amides is 2. The smallest absolute Gasteiger partial charge is 0.259 e. The zero-order chi connectivity index (χ0) is 15.0. The molecular formula is C13H10ClN5O2. The number of nitrogens with one attached hydrogen (secondary N) is 3. The molecule has 0 atom stereocenters. The van der Waals surface area contributed by atoms with Crippen LogP contribution in [0, 0.1) is 0 Å². The van der Waals surface area contributed by atoms with Crippen LogP contribution < -0.4 is 16.0 Å². The first kappa shape index (κ1) is 13.3. The number of hydrogen-bond donors (Lipinski definition) is 3. The molecule has 7 nitrogen and oxygen atoms in total. The molecule has 1 aromatic heterocycles. The van der Waals surface area contributed by atoms with E-state index in [9.17, 15) is 9.59 Å². The SMILES string of the molecule is CNc1ncc(Cl)c(Nc2ccc3c(c2)C(=O)NC3=O)n1. The van der Waals surface area contributed by atoms with Gasteiger partial charge in [-0.15, -0.1) is 0 Å². The summed E-state index contributed by atoms with van der Waals surface area (Å²) in [6.45, 7) is 0. The van der Waals surface area contributed by atoms with Crippen molar-refractivity contribution in [1.82, 2.24) is 15.3 Å². The number of rotatable bonds is 3. The number of hydrogen-bond acceptors (Lipinski definition) is 6.